The SMILES string of the molecule is COC(=O)[C@H](Cc1cc2c(=O)[nH]c(=O)[nH]c2oc1=O)NC(=O)c1ccccc1. The summed E-state index contributed by atoms with van der Waals surface area (Å²) in [4.78, 5) is 64.0. The highest BCUT2D eigenvalue weighted by molar-refractivity contribution is 5.96. The number of H-pyrrole nitrogens is 2. The van der Waals surface area contributed by atoms with Crippen molar-refractivity contribution >= 4 is 23.0 Å². The number of amides is 1. The first kappa shape index (κ1) is 18.8. The van der Waals surface area contributed by atoms with E-state index in [1.165, 1.54) is 6.07 Å². The average Bonchev–Trinajstić information content (AvgIpc) is 2.68. The summed E-state index contributed by atoms with van der Waals surface area (Å²) in [5.74, 6) is -1.32. The Morgan fingerprint density at radius 1 is 1.14 bits per heavy atom. The van der Waals surface area contributed by atoms with Gasteiger partial charge in [-0.3, -0.25) is 19.6 Å². The molecule has 0 saturated heterocycles. The van der Waals surface area contributed by atoms with E-state index in [0.717, 1.165) is 7.11 Å². The molecule has 2 heterocycles. The van der Waals surface area contributed by atoms with Crippen LogP contribution in [0.25, 0.3) is 11.1 Å². The van der Waals surface area contributed by atoms with Gasteiger partial charge in [-0.05, 0) is 18.2 Å². The van der Waals surface area contributed by atoms with Crippen molar-refractivity contribution in [3.05, 3.63) is 78.8 Å². The number of rotatable bonds is 5. The van der Waals surface area contributed by atoms with Gasteiger partial charge in [0.25, 0.3) is 11.5 Å². The zero-order chi connectivity index (χ0) is 20.3. The monoisotopic (exact) mass is 385 g/mol. The highest BCUT2D eigenvalue weighted by Gasteiger charge is 2.24. The Morgan fingerprint density at radius 3 is 2.54 bits per heavy atom. The molecule has 3 N–H and O–H groups in total. The smallest absolute Gasteiger partial charge is 0.340 e. The zero-order valence-corrected chi connectivity index (χ0v) is 14.6. The van der Waals surface area contributed by atoms with E-state index >= 15 is 0 Å². The number of fused-ring (bicyclic) bond motifs is 1. The molecule has 10 heteroatoms. The number of aromatic nitrogens is 2. The minimum atomic E-state index is -1.19. The van der Waals surface area contributed by atoms with E-state index in [1.807, 2.05) is 4.98 Å². The second-order valence-electron chi connectivity index (χ2n) is 5.83. The summed E-state index contributed by atoms with van der Waals surface area (Å²) in [5, 5.41) is 2.42. The highest BCUT2D eigenvalue weighted by Crippen LogP contribution is 2.08. The maximum Gasteiger partial charge on any atom is 0.340 e. The number of carbonyl (C=O) groups is 2. The first-order valence-electron chi connectivity index (χ1n) is 8.12. The van der Waals surface area contributed by atoms with Gasteiger partial charge in [0.15, 0.2) is 0 Å². The van der Waals surface area contributed by atoms with Crippen LogP contribution in [0.5, 0.6) is 0 Å². The summed E-state index contributed by atoms with van der Waals surface area (Å²) in [7, 11) is 1.14. The van der Waals surface area contributed by atoms with Crippen LogP contribution in [0.2, 0.25) is 0 Å². The summed E-state index contributed by atoms with van der Waals surface area (Å²) in [6, 6.07) is 8.17. The van der Waals surface area contributed by atoms with Crippen molar-refractivity contribution < 1.29 is 18.7 Å². The molecule has 0 saturated carbocycles. The first-order chi connectivity index (χ1) is 13.4. The fraction of sp³-hybridized carbons (Fsp3) is 0.167. The van der Waals surface area contributed by atoms with E-state index in [4.69, 9.17) is 4.42 Å². The standard InChI is InChI=1S/C18H15N3O7/c1-27-17(25)12(19-13(22)9-5-3-2-4-6-9)8-10-7-11-14(23)20-18(26)21-15(11)28-16(10)24/h2-7,12H,8H2,1H3,(H,19,22)(H2,20,21,23,26)/t12-/m0/s1. The molecule has 0 unspecified atom stereocenters. The van der Waals surface area contributed by atoms with Crippen LogP contribution in [-0.4, -0.2) is 35.0 Å². The molecule has 144 valence electrons. The van der Waals surface area contributed by atoms with Gasteiger partial charge in [0.05, 0.1) is 7.11 Å². The van der Waals surface area contributed by atoms with E-state index in [1.54, 1.807) is 30.3 Å². The Labute approximate surface area is 156 Å². The molecule has 1 amide bonds. The fourth-order valence-corrected chi connectivity index (χ4v) is 2.61. The number of esters is 1. The normalized spacial score (nSPS) is 11.8. The molecule has 0 fully saturated rings. The van der Waals surface area contributed by atoms with Gasteiger partial charge in [0.2, 0.25) is 5.71 Å². The predicted octanol–water partition coefficient (Wildman–Crippen LogP) is -0.316. The van der Waals surface area contributed by atoms with E-state index in [9.17, 15) is 24.0 Å². The van der Waals surface area contributed by atoms with Crippen molar-refractivity contribution in [3.63, 3.8) is 0 Å². The van der Waals surface area contributed by atoms with Gasteiger partial charge in [-0.1, -0.05) is 18.2 Å². The highest BCUT2D eigenvalue weighted by atomic mass is 16.5. The summed E-state index contributed by atoms with van der Waals surface area (Å²) >= 11 is 0. The molecular weight excluding hydrogens is 370 g/mol. The molecule has 2 aromatic heterocycles. The molecule has 0 aliphatic rings. The maximum atomic E-state index is 12.3. The van der Waals surface area contributed by atoms with Gasteiger partial charge in [-0.15, -0.1) is 0 Å². The quantitative estimate of drug-likeness (QED) is 0.509. The number of benzene rings is 1. The van der Waals surface area contributed by atoms with E-state index < -0.39 is 34.8 Å². The third-order valence-electron chi connectivity index (χ3n) is 3.97. The van der Waals surface area contributed by atoms with Crippen molar-refractivity contribution in [3.8, 4) is 0 Å². The Balaban J connectivity index is 1.95. The Kier molecular flexibility index (Phi) is 5.21. The molecule has 3 rings (SSSR count). The van der Waals surface area contributed by atoms with E-state index in [2.05, 4.69) is 15.0 Å². The molecule has 1 atom stereocenters. The van der Waals surface area contributed by atoms with Crippen LogP contribution in [0, 0.1) is 0 Å². The van der Waals surface area contributed by atoms with Crippen LogP contribution in [0.1, 0.15) is 15.9 Å². The Hall–Kier alpha value is -3.95. The molecule has 0 spiro atoms. The number of aromatic amines is 2. The lowest BCUT2D eigenvalue weighted by Gasteiger charge is -2.16. The minimum Gasteiger partial charge on any atom is -0.467 e. The van der Waals surface area contributed by atoms with E-state index in [0.29, 0.717) is 5.56 Å². The molecular formula is C18H15N3O7. The second kappa shape index (κ2) is 7.74. The van der Waals surface area contributed by atoms with Crippen LogP contribution < -0.4 is 22.2 Å². The third kappa shape index (κ3) is 3.90. The average molecular weight is 385 g/mol. The van der Waals surface area contributed by atoms with Gasteiger partial charge >= 0.3 is 17.3 Å². The van der Waals surface area contributed by atoms with E-state index in [-0.39, 0.29) is 23.1 Å². The summed E-state index contributed by atoms with van der Waals surface area (Å²) in [6.45, 7) is 0. The van der Waals surface area contributed by atoms with Crippen LogP contribution in [0.4, 0.5) is 0 Å². The number of carbonyl (C=O) groups excluding carboxylic acids is 2. The largest absolute Gasteiger partial charge is 0.467 e. The van der Waals surface area contributed by atoms with Gasteiger partial charge in [-0.25, -0.2) is 14.4 Å². The van der Waals surface area contributed by atoms with Crippen molar-refractivity contribution in [1.29, 1.82) is 0 Å². The summed E-state index contributed by atoms with van der Waals surface area (Å²) in [6.07, 6.45) is -0.276. The summed E-state index contributed by atoms with van der Waals surface area (Å²) < 4.78 is 9.65. The van der Waals surface area contributed by atoms with Crippen molar-refractivity contribution in [1.82, 2.24) is 15.3 Å². The van der Waals surface area contributed by atoms with Gasteiger partial charge in [-0.2, -0.15) is 0 Å². The predicted molar refractivity (Wildman–Crippen MR) is 97.1 cm³/mol. The van der Waals surface area contributed by atoms with Crippen LogP contribution >= 0.6 is 0 Å². The zero-order valence-electron chi connectivity index (χ0n) is 14.6. The van der Waals surface area contributed by atoms with Crippen molar-refractivity contribution in [2.45, 2.75) is 12.5 Å². The molecule has 28 heavy (non-hydrogen) atoms. The molecule has 0 bridgehead atoms. The van der Waals surface area contributed by atoms with Crippen molar-refractivity contribution in [2.24, 2.45) is 0 Å². The van der Waals surface area contributed by atoms with Crippen LogP contribution in [0.15, 0.2) is 55.2 Å². The Morgan fingerprint density at radius 2 is 1.86 bits per heavy atom. The fourth-order valence-electron chi connectivity index (χ4n) is 2.61. The summed E-state index contributed by atoms with van der Waals surface area (Å²) in [5.41, 5.74) is -2.46. The minimum absolute atomic E-state index is 0.0474. The second-order valence-corrected chi connectivity index (χ2v) is 5.83. The Bertz CT molecular complexity index is 1210. The van der Waals surface area contributed by atoms with Crippen molar-refractivity contribution in [2.75, 3.05) is 7.11 Å². The number of methoxy groups -OCH3 is 1. The van der Waals surface area contributed by atoms with Gasteiger partial charge in [0.1, 0.15) is 11.4 Å². The number of hydrogen-bond donors (Lipinski definition) is 3. The van der Waals surface area contributed by atoms with Crippen LogP contribution in [-0.2, 0) is 16.0 Å². The molecule has 0 aliphatic carbocycles. The molecule has 3 aromatic rings. The molecule has 1 aromatic carbocycles. The number of nitrogens with one attached hydrogen (secondary N) is 3. The molecule has 0 aliphatic heterocycles. The first-order valence-corrected chi connectivity index (χ1v) is 8.12. The number of ether oxygens (including phenoxy) is 1. The topological polar surface area (TPSA) is 151 Å². The lowest BCUT2D eigenvalue weighted by atomic mass is 10.1. The van der Waals surface area contributed by atoms with Gasteiger partial charge < -0.3 is 14.5 Å². The van der Waals surface area contributed by atoms with Crippen LogP contribution in [0.3, 0.4) is 0 Å². The number of hydrogen-bond acceptors (Lipinski definition) is 7. The molecule has 10 nitrogen and oxygen atoms in total. The third-order valence-corrected chi connectivity index (χ3v) is 3.97. The van der Waals surface area contributed by atoms with Gasteiger partial charge in [0, 0.05) is 17.5 Å². The lowest BCUT2D eigenvalue weighted by Crippen LogP contribution is -2.43. The maximum absolute atomic E-state index is 12.3. The lowest BCUT2D eigenvalue weighted by molar-refractivity contribution is -0.142. The molecule has 0 radical (unpaired) electrons.